The van der Waals surface area contributed by atoms with Gasteiger partial charge in [-0.2, -0.15) is 0 Å². The van der Waals surface area contributed by atoms with Crippen molar-refractivity contribution in [2.75, 3.05) is 18.8 Å². The molecule has 0 bridgehead atoms. The number of hydrogen-bond donors (Lipinski definition) is 2. The van der Waals surface area contributed by atoms with E-state index in [1.54, 1.807) is 28.9 Å². The Morgan fingerprint density at radius 3 is 2.88 bits per heavy atom. The number of rotatable bonds is 2. The summed E-state index contributed by atoms with van der Waals surface area (Å²) in [6.07, 6.45) is 4.52. The summed E-state index contributed by atoms with van der Waals surface area (Å²) in [7, 11) is 0. The Kier molecular flexibility index (Phi) is 3.81. The van der Waals surface area contributed by atoms with Gasteiger partial charge < -0.3 is 11.1 Å². The Morgan fingerprint density at radius 1 is 1.28 bits per heavy atom. The van der Waals surface area contributed by atoms with E-state index in [1.807, 2.05) is 0 Å². The quantitative estimate of drug-likeness (QED) is 0.730. The summed E-state index contributed by atoms with van der Waals surface area (Å²) in [5, 5.41) is 3.50. The van der Waals surface area contributed by atoms with Crippen LogP contribution in [0.3, 0.4) is 0 Å². The van der Waals surface area contributed by atoms with Gasteiger partial charge in [0.05, 0.1) is 34.7 Å². The van der Waals surface area contributed by atoms with Crippen LogP contribution in [-0.2, 0) is 0 Å². The van der Waals surface area contributed by atoms with Crippen molar-refractivity contribution in [2.24, 2.45) is 0 Å². The summed E-state index contributed by atoms with van der Waals surface area (Å²) in [4.78, 5) is 12.8. The van der Waals surface area contributed by atoms with Crippen LogP contribution >= 0.6 is 11.6 Å². The molecule has 3 aromatic rings. The molecule has 1 fully saturated rings. The highest BCUT2D eigenvalue weighted by atomic mass is 35.5. The lowest BCUT2D eigenvalue weighted by Crippen LogP contribution is -2.43. The average Bonchev–Trinajstić information content (AvgIpc) is 2.98. The van der Waals surface area contributed by atoms with Gasteiger partial charge in [0, 0.05) is 25.7 Å². The van der Waals surface area contributed by atoms with Crippen molar-refractivity contribution in [3.05, 3.63) is 41.4 Å². The second-order valence-corrected chi connectivity index (χ2v) is 6.45. The van der Waals surface area contributed by atoms with E-state index < -0.39 is 11.8 Å². The average molecular weight is 365 g/mol. The number of pyridine rings is 1. The number of imidazole rings is 1. The Morgan fingerprint density at radius 2 is 2.12 bits per heavy atom. The van der Waals surface area contributed by atoms with Crippen molar-refractivity contribution in [3.8, 4) is 11.4 Å². The lowest BCUT2D eigenvalue weighted by molar-refractivity contribution is -0.0489. The molecule has 1 unspecified atom stereocenters. The number of nitrogen functional groups attached to an aromatic ring is 1. The number of fused-ring (bicyclic) bond motifs is 1. The van der Waals surface area contributed by atoms with Crippen LogP contribution in [0.15, 0.2) is 30.7 Å². The highest BCUT2D eigenvalue weighted by Crippen LogP contribution is 2.39. The molecule has 3 N–H and O–H groups in total. The smallest absolute Gasteiger partial charge is 0.258 e. The van der Waals surface area contributed by atoms with Gasteiger partial charge in [0.25, 0.3) is 5.92 Å². The van der Waals surface area contributed by atoms with E-state index in [4.69, 9.17) is 17.3 Å². The second-order valence-electron chi connectivity index (χ2n) is 6.01. The Labute approximate surface area is 147 Å². The van der Waals surface area contributed by atoms with E-state index in [-0.39, 0.29) is 31.0 Å². The van der Waals surface area contributed by atoms with Crippen LogP contribution in [0.4, 0.5) is 14.6 Å². The maximum Gasteiger partial charge on any atom is 0.258 e. The molecule has 0 radical (unpaired) electrons. The number of halogens is 3. The molecule has 0 spiro atoms. The first-order valence-corrected chi connectivity index (χ1v) is 8.17. The lowest BCUT2D eigenvalue weighted by atomic mass is 9.91. The molecule has 6 nitrogen and oxygen atoms in total. The molecule has 1 saturated heterocycles. The van der Waals surface area contributed by atoms with E-state index >= 15 is 0 Å². The highest BCUT2D eigenvalue weighted by molar-refractivity contribution is 6.30. The molecule has 0 aliphatic carbocycles. The predicted molar refractivity (Wildman–Crippen MR) is 90.8 cm³/mol. The van der Waals surface area contributed by atoms with Crippen molar-refractivity contribution >= 4 is 23.1 Å². The number of anilines is 1. The van der Waals surface area contributed by atoms with Gasteiger partial charge in [-0.1, -0.05) is 11.6 Å². The van der Waals surface area contributed by atoms with Crippen LogP contribution in [0.25, 0.3) is 17.0 Å². The number of alkyl halides is 2. The number of nitrogens with zero attached hydrogens (tertiary/aromatic N) is 4. The zero-order valence-electron chi connectivity index (χ0n) is 13.1. The molecule has 0 saturated carbocycles. The second kappa shape index (κ2) is 5.89. The van der Waals surface area contributed by atoms with Crippen LogP contribution < -0.4 is 11.1 Å². The van der Waals surface area contributed by atoms with Gasteiger partial charge in [-0.25, -0.2) is 18.7 Å². The SMILES string of the molecule is Nc1nc(-c2cnc3ccc(Cl)cn23)cnc1C1CNCCC1(F)F. The Bertz CT molecular complexity index is 942. The first-order chi connectivity index (χ1) is 12.0. The van der Waals surface area contributed by atoms with Gasteiger partial charge in [-0.3, -0.25) is 9.38 Å². The largest absolute Gasteiger partial charge is 0.382 e. The third-order valence-corrected chi connectivity index (χ3v) is 4.61. The van der Waals surface area contributed by atoms with E-state index in [0.717, 1.165) is 0 Å². The van der Waals surface area contributed by atoms with Crippen molar-refractivity contribution in [1.82, 2.24) is 24.7 Å². The zero-order valence-corrected chi connectivity index (χ0v) is 13.8. The number of hydrogen-bond acceptors (Lipinski definition) is 5. The maximum atomic E-state index is 14.2. The summed E-state index contributed by atoms with van der Waals surface area (Å²) >= 11 is 6.02. The van der Waals surface area contributed by atoms with E-state index in [0.29, 0.717) is 22.1 Å². The molecule has 9 heteroatoms. The van der Waals surface area contributed by atoms with Crippen molar-refractivity contribution in [3.63, 3.8) is 0 Å². The molecule has 4 rings (SSSR count). The van der Waals surface area contributed by atoms with Crippen LogP contribution in [0.5, 0.6) is 0 Å². The fourth-order valence-electron chi connectivity index (χ4n) is 3.07. The number of piperidine rings is 1. The van der Waals surface area contributed by atoms with Gasteiger partial charge in [-0.15, -0.1) is 0 Å². The predicted octanol–water partition coefficient (Wildman–Crippen LogP) is 2.74. The van der Waals surface area contributed by atoms with Crippen LogP contribution in [0, 0.1) is 0 Å². The Hall–Kier alpha value is -2.32. The number of nitrogens with one attached hydrogen (secondary N) is 1. The van der Waals surface area contributed by atoms with Crippen molar-refractivity contribution < 1.29 is 8.78 Å². The summed E-state index contributed by atoms with van der Waals surface area (Å²) in [6, 6.07) is 3.50. The number of aromatic nitrogens is 4. The standard InChI is InChI=1S/C16H15ClF2N6/c17-9-1-2-13-22-7-12(25(13)8-9)11-6-23-14(15(20)24-11)10-5-21-4-3-16(10,18)19/h1-2,6-8,10,21H,3-5H2,(H2,20,24). The normalized spacial score (nSPS) is 20.0. The van der Waals surface area contributed by atoms with Gasteiger partial charge >= 0.3 is 0 Å². The highest BCUT2D eigenvalue weighted by Gasteiger charge is 2.44. The summed E-state index contributed by atoms with van der Waals surface area (Å²) in [5.74, 6) is -3.94. The third kappa shape index (κ3) is 2.81. The molecular weight excluding hydrogens is 350 g/mol. The molecule has 3 aromatic heterocycles. The molecule has 0 aromatic carbocycles. The van der Waals surface area contributed by atoms with E-state index in [2.05, 4.69) is 20.3 Å². The van der Waals surface area contributed by atoms with Crippen molar-refractivity contribution in [2.45, 2.75) is 18.3 Å². The molecule has 25 heavy (non-hydrogen) atoms. The molecule has 1 atom stereocenters. The fraction of sp³-hybridized carbons (Fsp3) is 0.312. The molecule has 1 aliphatic heterocycles. The first-order valence-electron chi connectivity index (χ1n) is 7.79. The summed E-state index contributed by atoms with van der Waals surface area (Å²) in [6.45, 7) is 0.397. The van der Waals surface area contributed by atoms with Gasteiger partial charge in [0.1, 0.15) is 17.2 Å². The maximum absolute atomic E-state index is 14.2. The molecule has 130 valence electrons. The zero-order chi connectivity index (χ0) is 17.6. The van der Waals surface area contributed by atoms with Crippen LogP contribution in [-0.4, -0.2) is 38.4 Å². The topological polar surface area (TPSA) is 81.1 Å². The molecule has 0 amide bonds. The summed E-state index contributed by atoms with van der Waals surface area (Å²) < 4.78 is 30.1. The van der Waals surface area contributed by atoms with Crippen molar-refractivity contribution in [1.29, 1.82) is 0 Å². The molecular formula is C16H15ClF2N6. The van der Waals surface area contributed by atoms with Gasteiger partial charge in [0.2, 0.25) is 0 Å². The third-order valence-electron chi connectivity index (χ3n) is 4.38. The fourth-order valence-corrected chi connectivity index (χ4v) is 3.23. The minimum absolute atomic E-state index is 0.00264. The van der Waals surface area contributed by atoms with Gasteiger partial charge in [-0.05, 0) is 12.1 Å². The van der Waals surface area contributed by atoms with Crippen LogP contribution in [0.2, 0.25) is 5.02 Å². The van der Waals surface area contributed by atoms with E-state index in [1.165, 1.54) is 6.20 Å². The van der Waals surface area contributed by atoms with Crippen LogP contribution in [0.1, 0.15) is 18.0 Å². The first kappa shape index (κ1) is 16.2. The molecule has 1 aliphatic rings. The van der Waals surface area contributed by atoms with Gasteiger partial charge in [0.15, 0.2) is 0 Å². The summed E-state index contributed by atoms with van der Waals surface area (Å²) in [5.41, 5.74) is 7.85. The molecule has 4 heterocycles. The minimum atomic E-state index is -2.85. The van der Waals surface area contributed by atoms with E-state index in [9.17, 15) is 8.78 Å². The number of nitrogens with two attached hydrogens (primary N) is 1. The lowest BCUT2D eigenvalue weighted by Gasteiger charge is -2.31. The minimum Gasteiger partial charge on any atom is -0.382 e. The monoisotopic (exact) mass is 364 g/mol. The Balaban J connectivity index is 1.75.